The molecule has 1 unspecified atom stereocenters. The van der Waals surface area contributed by atoms with Gasteiger partial charge < -0.3 is 10.2 Å². The number of rotatable bonds is 7. The Hall–Kier alpha value is -1.17. The summed E-state index contributed by atoms with van der Waals surface area (Å²) in [4.78, 5) is 22.0. The van der Waals surface area contributed by atoms with E-state index in [0.717, 1.165) is 63.7 Å². The minimum atomic E-state index is -0.124. The Morgan fingerprint density at radius 3 is 2.72 bits per heavy atom. The van der Waals surface area contributed by atoms with E-state index in [1.165, 1.54) is 5.57 Å². The summed E-state index contributed by atoms with van der Waals surface area (Å²) < 4.78 is 0. The Morgan fingerprint density at radius 2 is 2.14 bits per heavy atom. The van der Waals surface area contributed by atoms with E-state index in [4.69, 9.17) is 11.6 Å². The van der Waals surface area contributed by atoms with Crippen LogP contribution in [0.25, 0.3) is 0 Å². The SMILES string of the molecule is CC(C)[C@@H](NCCN1CC=NC1)C(=O)N1CCC(C2=CC=C(Cl)CC2)C(C)(C)C1. The normalized spacial score (nSPS) is 25.9. The molecule has 1 saturated heterocycles. The average Bonchev–Trinajstić information content (AvgIpc) is 3.18. The first kappa shape index (κ1) is 22.5. The van der Waals surface area contributed by atoms with Gasteiger partial charge in [0.05, 0.1) is 12.7 Å². The summed E-state index contributed by atoms with van der Waals surface area (Å²) in [6.07, 6.45) is 9.26. The number of carbonyl (C=O) groups excluding carboxylic acids is 1. The van der Waals surface area contributed by atoms with E-state index in [9.17, 15) is 4.79 Å². The molecule has 0 saturated carbocycles. The third-order valence-electron chi connectivity index (χ3n) is 6.60. The largest absolute Gasteiger partial charge is 0.341 e. The fourth-order valence-electron chi connectivity index (χ4n) is 4.90. The minimum Gasteiger partial charge on any atom is -0.341 e. The highest BCUT2D eigenvalue weighted by molar-refractivity contribution is 6.29. The van der Waals surface area contributed by atoms with Crippen molar-refractivity contribution in [2.75, 3.05) is 39.4 Å². The Labute approximate surface area is 181 Å². The van der Waals surface area contributed by atoms with Crippen LogP contribution in [0.1, 0.15) is 47.0 Å². The van der Waals surface area contributed by atoms with Gasteiger partial charge in [-0.15, -0.1) is 0 Å². The standard InChI is InChI=1S/C23H37ClN4O/c1-17(2)21(26-11-14-27-13-10-25-16-27)22(29)28-12-9-20(23(3,4)15-28)18-5-7-19(24)8-6-18/h5,7,10,17,20-21,26H,6,8-9,11-16H2,1-4H3/t20?,21-/m1/s1. The third kappa shape index (κ3) is 5.71. The van der Waals surface area contributed by atoms with Gasteiger partial charge >= 0.3 is 0 Å². The van der Waals surface area contributed by atoms with Crippen LogP contribution in [0.4, 0.5) is 0 Å². The van der Waals surface area contributed by atoms with Crippen LogP contribution in [0, 0.1) is 17.3 Å². The monoisotopic (exact) mass is 420 g/mol. The molecule has 0 radical (unpaired) electrons. The summed E-state index contributed by atoms with van der Waals surface area (Å²) in [7, 11) is 0. The Kier molecular flexibility index (Phi) is 7.58. The van der Waals surface area contributed by atoms with Crippen LogP contribution in [-0.2, 0) is 4.79 Å². The number of hydrogen-bond acceptors (Lipinski definition) is 4. The lowest BCUT2D eigenvalue weighted by Gasteiger charge is -2.47. The maximum absolute atomic E-state index is 13.4. The zero-order chi connectivity index (χ0) is 21.0. The molecule has 1 fully saturated rings. The summed E-state index contributed by atoms with van der Waals surface area (Å²) >= 11 is 6.15. The first-order valence-corrected chi connectivity index (χ1v) is 11.4. The van der Waals surface area contributed by atoms with Gasteiger partial charge in [0.25, 0.3) is 0 Å². The lowest BCUT2D eigenvalue weighted by molar-refractivity contribution is -0.138. The predicted octanol–water partition coefficient (Wildman–Crippen LogP) is 3.66. The minimum absolute atomic E-state index is 0.0752. The third-order valence-corrected chi connectivity index (χ3v) is 6.91. The van der Waals surface area contributed by atoms with E-state index in [1.54, 1.807) is 0 Å². The Balaban J connectivity index is 1.58. The van der Waals surface area contributed by atoms with Crippen molar-refractivity contribution in [3.63, 3.8) is 0 Å². The molecule has 0 bridgehead atoms. The molecule has 0 spiro atoms. The van der Waals surface area contributed by atoms with E-state index < -0.39 is 0 Å². The molecule has 2 heterocycles. The molecule has 0 aromatic carbocycles. The molecular weight excluding hydrogens is 384 g/mol. The zero-order valence-electron chi connectivity index (χ0n) is 18.5. The Bertz CT molecular complexity index is 674. The maximum Gasteiger partial charge on any atom is 0.239 e. The molecule has 1 aliphatic carbocycles. The lowest BCUT2D eigenvalue weighted by Crippen LogP contribution is -2.56. The molecule has 6 heteroatoms. The fraction of sp³-hybridized carbons (Fsp3) is 0.739. The average molecular weight is 421 g/mol. The Morgan fingerprint density at radius 1 is 1.34 bits per heavy atom. The number of hydrogen-bond donors (Lipinski definition) is 1. The van der Waals surface area contributed by atoms with Gasteiger partial charge in [0.1, 0.15) is 0 Å². The highest BCUT2D eigenvalue weighted by Crippen LogP contribution is 2.42. The van der Waals surface area contributed by atoms with Crippen molar-refractivity contribution >= 4 is 23.7 Å². The number of carbonyl (C=O) groups is 1. The summed E-state index contributed by atoms with van der Waals surface area (Å²) in [6, 6.07) is -0.124. The smallest absolute Gasteiger partial charge is 0.239 e. The van der Waals surface area contributed by atoms with Gasteiger partial charge in [-0.25, -0.2) is 0 Å². The van der Waals surface area contributed by atoms with Gasteiger partial charge in [-0.2, -0.15) is 0 Å². The zero-order valence-corrected chi connectivity index (χ0v) is 19.2. The predicted molar refractivity (Wildman–Crippen MR) is 121 cm³/mol. The first-order valence-electron chi connectivity index (χ1n) is 11.1. The summed E-state index contributed by atoms with van der Waals surface area (Å²) in [5.41, 5.74) is 1.57. The number of nitrogens with zero attached hydrogens (tertiary/aromatic N) is 3. The van der Waals surface area contributed by atoms with Crippen LogP contribution in [0.2, 0.25) is 0 Å². The number of amides is 1. The second kappa shape index (κ2) is 9.76. The van der Waals surface area contributed by atoms with Crippen LogP contribution >= 0.6 is 11.6 Å². The van der Waals surface area contributed by atoms with Gasteiger partial charge in [0, 0.05) is 44.0 Å². The number of piperidine rings is 1. The van der Waals surface area contributed by atoms with Crippen LogP contribution in [0.15, 0.2) is 27.7 Å². The van der Waals surface area contributed by atoms with Crippen molar-refractivity contribution in [1.82, 2.24) is 15.1 Å². The van der Waals surface area contributed by atoms with E-state index in [1.807, 2.05) is 6.21 Å². The molecule has 2 aliphatic heterocycles. The van der Waals surface area contributed by atoms with Crippen molar-refractivity contribution in [2.45, 2.75) is 53.0 Å². The number of aliphatic imine (C=N–C) groups is 1. The summed E-state index contributed by atoms with van der Waals surface area (Å²) in [5, 5.41) is 4.48. The van der Waals surface area contributed by atoms with Crippen LogP contribution in [-0.4, -0.2) is 67.4 Å². The van der Waals surface area contributed by atoms with E-state index in [2.05, 4.69) is 60.0 Å². The molecule has 0 aromatic heterocycles. The van der Waals surface area contributed by atoms with Crippen LogP contribution < -0.4 is 5.32 Å². The van der Waals surface area contributed by atoms with Gasteiger partial charge in [-0.3, -0.25) is 14.7 Å². The van der Waals surface area contributed by atoms with Crippen molar-refractivity contribution in [2.24, 2.45) is 22.2 Å². The van der Waals surface area contributed by atoms with Gasteiger partial charge in [0.15, 0.2) is 0 Å². The quantitative estimate of drug-likeness (QED) is 0.683. The number of allylic oxidation sites excluding steroid dienone is 4. The molecule has 0 aromatic rings. The van der Waals surface area contributed by atoms with E-state index in [-0.39, 0.29) is 23.3 Å². The van der Waals surface area contributed by atoms with E-state index in [0.29, 0.717) is 5.92 Å². The molecule has 3 aliphatic rings. The molecule has 29 heavy (non-hydrogen) atoms. The maximum atomic E-state index is 13.4. The number of likely N-dealkylation sites (tertiary alicyclic amines) is 1. The van der Waals surface area contributed by atoms with Gasteiger partial charge in [-0.1, -0.05) is 50.9 Å². The van der Waals surface area contributed by atoms with E-state index >= 15 is 0 Å². The lowest BCUT2D eigenvalue weighted by atomic mass is 9.68. The molecule has 1 N–H and O–H groups in total. The number of nitrogens with one attached hydrogen (secondary N) is 1. The molecule has 5 nitrogen and oxygen atoms in total. The van der Waals surface area contributed by atoms with Crippen LogP contribution in [0.5, 0.6) is 0 Å². The molecule has 1 amide bonds. The summed E-state index contributed by atoms with van der Waals surface area (Å²) in [5.74, 6) is 1.05. The van der Waals surface area contributed by atoms with Crippen molar-refractivity contribution in [3.8, 4) is 0 Å². The van der Waals surface area contributed by atoms with Crippen molar-refractivity contribution < 1.29 is 4.79 Å². The number of halogens is 1. The highest BCUT2D eigenvalue weighted by Gasteiger charge is 2.40. The molecular formula is C23H37ClN4O. The molecule has 2 atom stereocenters. The highest BCUT2D eigenvalue weighted by atomic mass is 35.5. The van der Waals surface area contributed by atoms with Crippen molar-refractivity contribution in [3.05, 3.63) is 22.8 Å². The van der Waals surface area contributed by atoms with Gasteiger partial charge in [0.2, 0.25) is 5.91 Å². The topological polar surface area (TPSA) is 47.9 Å². The molecule has 3 rings (SSSR count). The second-order valence-electron chi connectivity index (χ2n) is 9.70. The molecule has 162 valence electrons. The van der Waals surface area contributed by atoms with Crippen molar-refractivity contribution in [1.29, 1.82) is 0 Å². The van der Waals surface area contributed by atoms with Gasteiger partial charge in [-0.05, 0) is 42.6 Å². The first-order chi connectivity index (χ1) is 13.8. The summed E-state index contributed by atoms with van der Waals surface area (Å²) in [6.45, 7) is 14.0. The van der Waals surface area contributed by atoms with Crippen LogP contribution in [0.3, 0.4) is 0 Å². The second-order valence-corrected chi connectivity index (χ2v) is 10.2. The fourth-order valence-corrected chi connectivity index (χ4v) is 5.06.